The number of ether oxygens (including phenoxy) is 1. The number of benzene rings is 5. The highest BCUT2D eigenvalue weighted by atomic mass is 32.2. The molecule has 264 valence electrons. The Morgan fingerprint density at radius 3 is 2.24 bits per heavy atom. The minimum absolute atomic E-state index is 0.0501. The van der Waals surface area contributed by atoms with E-state index in [1.807, 2.05) is 56.3 Å². The smallest absolute Gasteiger partial charge is 0.264 e. The number of hydrogen-bond acceptors (Lipinski definition) is 8. The summed E-state index contributed by atoms with van der Waals surface area (Å²) in [5.41, 5.74) is 6.64. The molecule has 1 saturated heterocycles. The molecule has 5 aromatic rings. The molecule has 1 amide bonds. The van der Waals surface area contributed by atoms with Gasteiger partial charge in [-0.1, -0.05) is 54.6 Å². The highest BCUT2D eigenvalue weighted by Gasteiger charge is 2.22. The van der Waals surface area contributed by atoms with Crippen LogP contribution in [0.15, 0.2) is 131 Å². The number of nitrogens with one attached hydrogen (secondary N) is 2. The largest absolute Gasteiger partial charge is 0.494 e. The molecule has 8 nitrogen and oxygen atoms in total. The molecule has 0 unspecified atom stereocenters. The number of thioether (sulfide) groups is 1. The van der Waals surface area contributed by atoms with Gasteiger partial charge in [-0.15, -0.1) is 11.8 Å². The van der Waals surface area contributed by atoms with Gasteiger partial charge in [-0.2, -0.15) is 0 Å². The number of rotatable bonds is 14. The molecule has 0 aliphatic carbocycles. The zero-order chi connectivity index (χ0) is 35.6. The Labute approximate surface area is 305 Å². The Morgan fingerprint density at radius 2 is 1.53 bits per heavy atom. The minimum atomic E-state index is -4.05. The highest BCUT2D eigenvalue weighted by molar-refractivity contribution is 7.99. The average Bonchev–Trinajstić information content (AvgIpc) is 3.15. The molecular weight excluding hydrogens is 677 g/mol. The first-order valence-electron chi connectivity index (χ1n) is 17.3. The quantitative estimate of drug-likeness (QED) is 0.0892. The fraction of sp³-hybridized carbons (Fsp3) is 0.244. The zero-order valence-electron chi connectivity index (χ0n) is 29.0. The first-order chi connectivity index (χ1) is 24.8. The summed E-state index contributed by atoms with van der Waals surface area (Å²) in [5.74, 6) is 1.09. The molecule has 1 aliphatic heterocycles. The van der Waals surface area contributed by atoms with E-state index in [4.69, 9.17) is 4.74 Å². The zero-order valence-corrected chi connectivity index (χ0v) is 30.7. The Hall–Kier alpha value is -4.77. The van der Waals surface area contributed by atoms with E-state index in [0.29, 0.717) is 6.61 Å². The van der Waals surface area contributed by atoms with Crippen LogP contribution in [0.5, 0.6) is 5.75 Å². The SMILES string of the molecule is CCOc1ccc(-c2ccccc2CN2CCN(c3ccc(C(=O)NS(=O)(=O)c4ccc(NCCSc5ccccc5)c(C)c4)cc3)CC2)cc1. The lowest BCUT2D eigenvalue weighted by Crippen LogP contribution is -2.46. The molecular formula is C41H44N4O4S2. The second-order valence-corrected chi connectivity index (χ2v) is 15.3. The van der Waals surface area contributed by atoms with Crippen molar-refractivity contribution in [3.8, 4) is 16.9 Å². The lowest BCUT2D eigenvalue weighted by atomic mass is 9.99. The van der Waals surface area contributed by atoms with Crippen molar-refractivity contribution < 1.29 is 17.9 Å². The minimum Gasteiger partial charge on any atom is -0.494 e. The van der Waals surface area contributed by atoms with Crippen molar-refractivity contribution in [1.82, 2.24) is 9.62 Å². The van der Waals surface area contributed by atoms with Gasteiger partial charge in [0.1, 0.15) is 5.75 Å². The van der Waals surface area contributed by atoms with Gasteiger partial charge < -0.3 is 15.0 Å². The maximum absolute atomic E-state index is 13.1. The Morgan fingerprint density at radius 1 is 0.824 bits per heavy atom. The lowest BCUT2D eigenvalue weighted by Gasteiger charge is -2.36. The van der Waals surface area contributed by atoms with Crippen molar-refractivity contribution >= 4 is 39.1 Å². The van der Waals surface area contributed by atoms with Gasteiger partial charge in [0.15, 0.2) is 0 Å². The molecule has 10 heteroatoms. The van der Waals surface area contributed by atoms with Crippen LogP contribution in [-0.4, -0.2) is 64.3 Å². The van der Waals surface area contributed by atoms with E-state index in [-0.39, 0.29) is 10.5 Å². The summed E-state index contributed by atoms with van der Waals surface area (Å²) >= 11 is 1.75. The average molecular weight is 721 g/mol. The molecule has 5 aromatic carbocycles. The lowest BCUT2D eigenvalue weighted by molar-refractivity contribution is 0.0981. The summed E-state index contributed by atoms with van der Waals surface area (Å²) in [5, 5.41) is 3.37. The molecule has 6 rings (SSSR count). The summed E-state index contributed by atoms with van der Waals surface area (Å²) in [6.45, 7) is 9.58. The molecule has 2 N–H and O–H groups in total. The summed E-state index contributed by atoms with van der Waals surface area (Å²) in [4.78, 5) is 19.0. The summed E-state index contributed by atoms with van der Waals surface area (Å²) in [7, 11) is -4.05. The summed E-state index contributed by atoms with van der Waals surface area (Å²) in [6.07, 6.45) is 0. The van der Waals surface area contributed by atoms with Crippen LogP contribution in [0.3, 0.4) is 0 Å². The van der Waals surface area contributed by atoms with E-state index in [1.165, 1.54) is 27.7 Å². The van der Waals surface area contributed by atoms with Crippen LogP contribution in [0.2, 0.25) is 0 Å². The van der Waals surface area contributed by atoms with Crippen molar-refractivity contribution in [3.63, 3.8) is 0 Å². The molecule has 1 heterocycles. The van der Waals surface area contributed by atoms with Gasteiger partial charge in [-0.25, -0.2) is 13.1 Å². The predicted octanol–water partition coefficient (Wildman–Crippen LogP) is 7.71. The molecule has 0 bridgehead atoms. The van der Waals surface area contributed by atoms with Crippen LogP contribution < -0.4 is 19.7 Å². The summed E-state index contributed by atoms with van der Waals surface area (Å²) < 4.78 is 34.1. The number of anilines is 2. The van der Waals surface area contributed by atoms with Gasteiger partial charge >= 0.3 is 0 Å². The third-order valence-electron chi connectivity index (χ3n) is 8.92. The molecule has 1 fully saturated rings. The maximum atomic E-state index is 13.1. The van der Waals surface area contributed by atoms with Gasteiger partial charge in [0, 0.05) is 66.9 Å². The van der Waals surface area contributed by atoms with Gasteiger partial charge in [-0.05, 0) is 103 Å². The van der Waals surface area contributed by atoms with Crippen molar-refractivity contribution in [1.29, 1.82) is 0 Å². The highest BCUT2D eigenvalue weighted by Crippen LogP contribution is 2.28. The molecule has 0 aromatic heterocycles. The van der Waals surface area contributed by atoms with Crippen molar-refractivity contribution in [2.45, 2.75) is 30.2 Å². The molecule has 0 saturated carbocycles. The van der Waals surface area contributed by atoms with Crippen molar-refractivity contribution in [3.05, 3.63) is 138 Å². The van der Waals surface area contributed by atoms with E-state index >= 15 is 0 Å². The van der Waals surface area contributed by atoms with Crippen LogP contribution in [0, 0.1) is 6.92 Å². The molecule has 51 heavy (non-hydrogen) atoms. The normalized spacial score (nSPS) is 13.5. The number of hydrogen-bond donors (Lipinski definition) is 2. The van der Waals surface area contributed by atoms with E-state index in [9.17, 15) is 13.2 Å². The number of piperazine rings is 1. The topological polar surface area (TPSA) is 91.0 Å². The monoisotopic (exact) mass is 720 g/mol. The van der Waals surface area contributed by atoms with Crippen molar-refractivity contribution in [2.75, 3.05) is 55.3 Å². The van der Waals surface area contributed by atoms with Gasteiger partial charge in [0.25, 0.3) is 15.9 Å². The van der Waals surface area contributed by atoms with Gasteiger partial charge in [0.2, 0.25) is 0 Å². The molecule has 0 radical (unpaired) electrons. The first kappa shape index (κ1) is 36.0. The van der Waals surface area contributed by atoms with Gasteiger partial charge in [-0.3, -0.25) is 9.69 Å². The number of aryl methyl sites for hydroxylation is 1. The number of nitrogens with zero attached hydrogens (tertiary/aromatic N) is 2. The van der Waals surface area contributed by atoms with Crippen LogP contribution >= 0.6 is 11.8 Å². The Balaban J connectivity index is 0.992. The second kappa shape index (κ2) is 17.0. The Bertz CT molecular complexity index is 2010. The number of sulfonamides is 1. The number of amides is 1. The van der Waals surface area contributed by atoms with Crippen LogP contribution in [0.4, 0.5) is 11.4 Å². The Kier molecular flexibility index (Phi) is 12.0. The van der Waals surface area contributed by atoms with E-state index < -0.39 is 15.9 Å². The van der Waals surface area contributed by atoms with E-state index in [1.54, 1.807) is 36.0 Å². The van der Waals surface area contributed by atoms with Gasteiger partial charge in [0.05, 0.1) is 11.5 Å². The third kappa shape index (κ3) is 9.52. The maximum Gasteiger partial charge on any atom is 0.264 e. The standard InChI is InChI=1S/C41H44N4O4S2/c1-3-49-36-19-15-32(16-20-36)39-12-8-7-9-34(39)30-44-24-26-45(27-25-44)35-17-13-33(14-18-35)41(46)43-51(47,48)38-21-22-40(31(2)29-38)42-23-28-50-37-10-5-4-6-11-37/h4-22,29,42H,3,23-28,30H2,1-2H3,(H,43,46). The predicted molar refractivity (Wildman–Crippen MR) is 208 cm³/mol. The van der Waals surface area contributed by atoms with Crippen molar-refractivity contribution in [2.24, 2.45) is 0 Å². The fourth-order valence-corrected chi connectivity index (χ4v) is 8.03. The van der Waals surface area contributed by atoms with Crippen LogP contribution in [0.1, 0.15) is 28.4 Å². The second-order valence-electron chi connectivity index (χ2n) is 12.4. The number of carbonyl (C=O) groups excluding carboxylic acids is 1. The van der Waals surface area contributed by atoms with E-state index in [2.05, 4.69) is 68.4 Å². The number of carbonyl (C=O) groups is 1. The summed E-state index contributed by atoms with van der Waals surface area (Å²) in [6, 6.07) is 39.0. The van der Waals surface area contributed by atoms with E-state index in [0.717, 1.165) is 67.7 Å². The van der Waals surface area contributed by atoms with Crippen LogP contribution in [0.25, 0.3) is 11.1 Å². The molecule has 0 atom stereocenters. The molecule has 0 spiro atoms. The third-order valence-corrected chi connectivity index (χ3v) is 11.3. The first-order valence-corrected chi connectivity index (χ1v) is 19.7. The molecule has 1 aliphatic rings. The fourth-order valence-electron chi connectivity index (χ4n) is 6.18. The van der Waals surface area contributed by atoms with Crippen LogP contribution in [-0.2, 0) is 16.6 Å².